The average Bonchev–Trinajstić information content (AvgIpc) is 2.89. The first-order valence-electron chi connectivity index (χ1n) is 11.7. The minimum absolute atomic E-state index is 0.0223. The van der Waals surface area contributed by atoms with Crippen molar-refractivity contribution in [2.24, 2.45) is 14.1 Å². The van der Waals surface area contributed by atoms with Gasteiger partial charge in [0.05, 0.1) is 12.7 Å². The Kier molecular flexibility index (Phi) is 5.99. The summed E-state index contributed by atoms with van der Waals surface area (Å²) in [5.74, 6) is 0.300. The number of methoxy groups -OCH3 is 1. The Hall–Kier alpha value is -4.14. The molecule has 5 rings (SSSR count). The van der Waals surface area contributed by atoms with Crippen molar-refractivity contribution in [1.29, 1.82) is 0 Å². The van der Waals surface area contributed by atoms with Crippen molar-refractivity contribution < 1.29 is 18.7 Å². The summed E-state index contributed by atoms with van der Waals surface area (Å²) in [6.07, 6.45) is 1.75. The van der Waals surface area contributed by atoms with Gasteiger partial charge in [0.15, 0.2) is 17.3 Å². The van der Waals surface area contributed by atoms with Crippen LogP contribution in [0.5, 0.6) is 11.5 Å². The van der Waals surface area contributed by atoms with Crippen molar-refractivity contribution in [2.75, 3.05) is 12.4 Å². The van der Waals surface area contributed by atoms with Crippen molar-refractivity contribution in [3.8, 4) is 11.5 Å². The highest BCUT2D eigenvalue weighted by molar-refractivity contribution is 6.01. The molecule has 0 saturated heterocycles. The molecule has 1 N–H and O–H groups in total. The maximum absolute atomic E-state index is 13.3. The number of aromatic nitrogens is 2. The number of nitrogens with one attached hydrogen (secondary N) is 1. The van der Waals surface area contributed by atoms with Crippen LogP contribution in [0.2, 0.25) is 0 Å². The quantitative estimate of drug-likeness (QED) is 0.589. The van der Waals surface area contributed by atoms with Crippen LogP contribution in [0.25, 0.3) is 0 Å². The van der Waals surface area contributed by atoms with Gasteiger partial charge in [-0.1, -0.05) is 18.2 Å². The summed E-state index contributed by atoms with van der Waals surface area (Å²) in [4.78, 5) is 39.1. The molecule has 36 heavy (non-hydrogen) atoms. The van der Waals surface area contributed by atoms with E-state index in [0.29, 0.717) is 53.3 Å². The summed E-state index contributed by atoms with van der Waals surface area (Å²) in [7, 11) is 4.55. The van der Waals surface area contributed by atoms with Crippen LogP contribution >= 0.6 is 0 Å². The second kappa shape index (κ2) is 9.14. The van der Waals surface area contributed by atoms with Crippen LogP contribution in [0, 0.1) is 5.82 Å². The molecule has 8 nitrogen and oxygen atoms in total. The van der Waals surface area contributed by atoms with Crippen molar-refractivity contribution in [3.63, 3.8) is 0 Å². The first-order chi connectivity index (χ1) is 17.3. The molecule has 9 heteroatoms. The minimum Gasteiger partial charge on any atom is -0.493 e. The van der Waals surface area contributed by atoms with E-state index in [0.717, 1.165) is 15.8 Å². The molecule has 0 bridgehead atoms. The molecule has 3 aromatic rings. The summed E-state index contributed by atoms with van der Waals surface area (Å²) < 4.78 is 27.2. The second-order valence-corrected chi connectivity index (χ2v) is 9.02. The Balaban J connectivity index is 1.61. The van der Waals surface area contributed by atoms with Gasteiger partial charge in [-0.15, -0.1) is 0 Å². The van der Waals surface area contributed by atoms with E-state index < -0.39 is 17.2 Å². The third kappa shape index (κ3) is 3.90. The van der Waals surface area contributed by atoms with Crippen LogP contribution in [0.1, 0.15) is 41.9 Å². The average molecular weight is 492 g/mol. The van der Waals surface area contributed by atoms with E-state index in [1.54, 1.807) is 37.4 Å². The van der Waals surface area contributed by atoms with E-state index in [9.17, 15) is 18.8 Å². The molecule has 186 valence electrons. The zero-order valence-electron chi connectivity index (χ0n) is 20.3. The molecule has 2 aliphatic rings. The number of ether oxygens (including phenoxy) is 2. The normalized spacial score (nSPS) is 16.8. The van der Waals surface area contributed by atoms with Crippen LogP contribution < -0.4 is 26.0 Å². The highest BCUT2D eigenvalue weighted by Gasteiger charge is 2.39. The maximum atomic E-state index is 13.3. The molecule has 0 radical (unpaired) electrons. The lowest BCUT2D eigenvalue weighted by atomic mass is 9.76. The van der Waals surface area contributed by atoms with Gasteiger partial charge in [-0.3, -0.25) is 18.7 Å². The van der Waals surface area contributed by atoms with Crippen LogP contribution in [0.4, 0.5) is 10.2 Å². The Morgan fingerprint density at radius 3 is 2.47 bits per heavy atom. The number of hydrogen-bond donors (Lipinski definition) is 1. The zero-order chi connectivity index (χ0) is 25.6. The molecule has 0 amide bonds. The molecule has 1 aliphatic heterocycles. The van der Waals surface area contributed by atoms with Gasteiger partial charge < -0.3 is 14.8 Å². The smallest absolute Gasteiger partial charge is 0.332 e. The topological polar surface area (TPSA) is 91.6 Å². The van der Waals surface area contributed by atoms with Gasteiger partial charge in [0.1, 0.15) is 18.2 Å². The molecular formula is C27H26FN3O5. The number of fused-ring (bicyclic) bond motifs is 1. The number of ketones is 1. The van der Waals surface area contributed by atoms with Gasteiger partial charge >= 0.3 is 5.69 Å². The molecule has 1 aromatic heterocycles. The zero-order valence-corrected chi connectivity index (χ0v) is 20.3. The summed E-state index contributed by atoms with van der Waals surface area (Å²) in [6, 6.07) is 11.3. The van der Waals surface area contributed by atoms with Gasteiger partial charge in [-0.25, -0.2) is 9.18 Å². The largest absolute Gasteiger partial charge is 0.493 e. The van der Waals surface area contributed by atoms with Crippen molar-refractivity contribution >= 4 is 11.6 Å². The fourth-order valence-electron chi connectivity index (χ4n) is 4.96. The summed E-state index contributed by atoms with van der Waals surface area (Å²) in [6.45, 7) is 0.211. The maximum Gasteiger partial charge on any atom is 0.332 e. The number of anilines is 1. The number of benzene rings is 2. The lowest BCUT2D eigenvalue weighted by Gasteiger charge is -2.34. The highest BCUT2D eigenvalue weighted by Crippen LogP contribution is 2.45. The number of allylic oxidation sites excluding steroid dienone is 2. The van der Waals surface area contributed by atoms with Crippen molar-refractivity contribution in [2.45, 2.75) is 31.8 Å². The van der Waals surface area contributed by atoms with Gasteiger partial charge in [-0.2, -0.15) is 0 Å². The number of halogens is 1. The Labute approximate surface area is 206 Å². The highest BCUT2D eigenvalue weighted by atomic mass is 19.1. The first-order valence-corrected chi connectivity index (χ1v) is 11.7. The van der Waals surface area contributed by atoms with Gasteiger partial charge in [-0.05, 0) is 48.2 Å². The second-order valence-electron chi connectivity index (χ2n) is 9.02. The van der Waals surface area contributed by atoms with Crippen LogP contribution in [0.15, 0.2) is 63.3 Å². The number of rotatable bonds is 5. The molecule has 2 aromatic carbocycles. The van der Waals surface area contributed by atoms with E-state index in [2.05, 4.69) is 5.32 Å². The molecule has 1 atom stereocenters. The predicted octanol–water partition coefficient (Wildman–Crippen LogP) is 3.38. The lowest BCUT2D eigenvalue weighted by Crippen LogP contribution is -2.44. The molecule has 1 aliphatic carbocycles. The molecule has 0 fully saturated rings. The van der Waals surface area contributed by atoms with Crippen LogP contribution in [-0.2, 0) is 25.5 Å². The summed E-state index contributed by atoms with van der Waals surface area (Å²) >= 11 is 0. The number of carbonyl (C=O) groups is 1. The van der Waals surface area contributed by atoms with E-state index in [1.807, 2.05) is 0 Å². The fraction of sp³-hybridized carbons (Fsp3) is 0.296. The Morgan fingerprint density at radius 1 is 1.00 bits per heavy atom. The van der Waals surface area contributed by atoms with Crippen LogP contribution in [-0.4, -0.2) is 22.0 Å². The standard InChI is InChI=1S/C27H26FN3O5/c1-30-25-24(26(33)31(2)27(30)34)22(23-18(29-25)5-4-6-19(23)32)16-9-12-20(21(13-16)35-3)36-14-15-7-10-17(28)11-8-15/h7-13,22,29H,4-6,14H2,1-3H3. The third-order valence-corrected chi connectivity index (χ3v) is 6.83. The molecular weight excluding hydrogens is 465 g/mol. The van der Waals surface area contributed by atoms with Crippen molar-refractivity contribution in [3.05, 3.63) is 97.1 Å². The lowest BCUT2D eigenvalue weighted by molar-refractivity contribution is -0.116. The summed E-state index contributed by atoms with van der Waals surface area (Å²) in [5.41, 5.74) is 2.21. The Morgan fingerprint density at radius 2 is 1.75 bits per heavy atom. The molecule has 2 heterocycles. The van der Waals surface area contributed by atoms with Gasteiger partial charge in [0.2, 0.25) is 0 Å². The number of hydrogen-bond acceptors (Lipinski definition) is 6. The number of carbonyl (C=O) groups excluding carboxylic acids is 1. The summed E-state index contributed by atoms with van der Waals surface area (Å²) in [5, 5.41) is 3.21. The predicted molar refractivity (Wildman–Crippen MR) is 132 cm³/mol. The van der Waals surface area contributed by atoms with Crippen molar-refractivity contribution in [1.82, 2.24) is 9.13 Å². The van der Waals surface area contributed by atoms with E-state index in [1.165, 1.54) is 30.9 Å². The van der Waals surface area contributed by atoms with E-state index >= 15 is 0 Å². The molecule has 0 spiro atoms. The number of Topliss-reactive ketones (excluding diaryl/α,β-unsaturated/α-hetero) is 1. The monoisotopic (exact) mass is 491 g/mol. The minimum atomic E-state index is -0.658. The SMILES string of the molecule is COc1cc(C2C3=C(CCCC3=O)Nc3c2c(=O)n(C)c(=O)n3C)ccc1OCc1ccc(F)cc1. The first kappa shape index (κ1) is 23.6. The van der Waals surface area contributed by atoms with Gasteiger partial charge in [0.25, 0.3) is 5.56 Å². The van der Waals surface area contributed by atoms with Crippen LogP contribution in [0.3, 0.4) is 0 Å². The molecule has 1 unspecified atom stereocenters. The van der Waals surface area contributed by atoms with E-state index in [-0.39, 0.29) is 18.2 Å². The molecule has 0 saturated carbocycles. The fourth-order valence-corrected chi connectivity index (χ4v) is 4.96. The van der Waals surface area contributed by atoms with Gasteiger partial charge in [0, 0.05) is 37.7 Å². The van der Waals surface area contributed by atoms with E-state index in [4.69, 9.17) is 9.47 Å². The Bertz CT molecular complexity index is 1520. The third-order valence-electron chi connectivity index (χ3n) is 6.83. The number of nitrogens with zero attached hydrogens (tertiary/aromatic N) is 2.